The molecule has 3 amide bonds. The van der Waals surface area contributed by atoms with Crippen molar-refractivity contribution in [1.29, 1.82) is 0 Å². The Hall–Kier alpha value is -3.40. The molecule has 1 aromatic heterocycles. The fourth-order valence-electron chi connectivity index (χ4n) is 3.78. The maximum absolute atomic E-state index is 13.3. The van der Waals surface area contributed by atoms with E-state index in [1.807, 2.05) is 38.1 Å². The minimum absolute atomic E-state index is 0.0387. The molecule has 7 N–H and O–H groups in total. The summed E-state index contributed by atoms with van der Waals surface area (Å²) in [5.41, 5.74) is 7.30. The molecule has 0 radical (unpaired) electrons. The van der Waals surface area contributed by atoms with Gasteiger partial charge in [0.25, 0.3) is 0 Å². The van der Waals surface area contributed by atoms with Crippen molar-refractivity contribution in [2.45, 2.75) is 71.6 Å². The van der Waals surface area contributed by atoms with E-state index in [1.54, 1.807) is 20.0 Å². The third kappa shape index (κ3) is 7.81. The number of carbonyl (C=O) groups is 4. The number of aromatic nitrogens is 1. The van der Waals surface area contributed by atoms with Gasteiger partial charge in [0.15, 0.2) is 0 Å². The van der Waals surface area contributed by atoms with E-state index in [9.17, 15) is 24.3 Å². The second kappa shape index (κ2) is 12.3. The number of H-pyrrole nitrogens is 1. The van der Waals surface area contributed by atoms with E-state index in [0.29, 0.717) is 0 Å². The fraction of sp³-hybridized carbons (Fsp3) is 0.520. The second-order valence-corrected chi connectivity index (χ2v) is 9.67. The number of para-hydroxylation sites is 1. The minimum Gasteiger partial charge on any atom is -0.480 e. The van der Waals surface area contributed by atoms with Gasteiger partial charge in [-0.15, -0.1) is 0 Å². The van der Waals surface area contributed by atoms with E-state index in [4.69, 9.17) is 5.73 Å². The van der Waals surface area contributed by atoms with Gasteiger partial charge in [-0.25, -0.2) is 4.79 Å². The van der Waals surface area contributed by atoms with E-state index in [1.165, 1.54) is 6.92 Å². The van der Waals surface area contributed by atoms with E-state index in [2.05, 4.69) is 20.9 Å². The van der Waals surface area contributed by atoms with Crippen LogP contribution in [0.4, 0.5) is 0 Å². The van der Waals surface area contributed by atoms with Crippen LogP contribution in [0.15, 0.2) is 30.5 Å². The summed E-state index contributed by atoms with van der Waals surface area (Å²) < 4.78 is 0. The number of benzene rings is 1. The molecule has 2 aromatic rings. The van der Waals surface area contributed by atoms with Crippen LogP contribution in [-0.4, -0.2) is 57.9 Å². The topological polar surface area (TPSA) is 166 Å². The molecule has 0 aliphatic heterocycles. The van der Waals surface area contributed by atoms with Gasteiger partial charge in [-0.1, -0.05) is 45.9 Å². The van der Waals surface area contributed by atoms with E-state index in [0.717, 1.165) is 16.5 Å². The molecule has 35 heavy (non-hydrogen) atoms. The standard InChI is InChI=1S/C25H37N5O5/c1-13(2)10-20(25(34)35)29-23(32)19(11-16-12-27-18-9-7-6-8-17(16)18)28-24(33)21(14(3)4)30-22(31)15(5)26/h6-9,12-15,19-21,27H,10-11,26H2,1-5H3,(H,28,33)(H,29,32)(H,30,31)(H,34,35). The summed E-state index contributed by atoms with van der Waals surface area (Å²) in [5.74, 6) is -3.03. The van der Waals surface area contributed by atoms with Crippen molar-refractivity contribution in [2.24, 2.45) is 17.6 Å². The third-order valence-electron chi connectivity index (χ3n) is 5.71. The van der Waals surface area contributed by atoms with Gasteiger partial charge < -0.3 is 31.8 Å². The lowest BCUT2D eigenvalue weighted by Crippen LogP contribution is -2.58. The van der Waals surface area contributed by atoms with Crippen molar-refractivity contribution >= 4 is 34.6 Å². The Kier molecular flexibility index (Phi) is 9.82. The summed E-state index contributed by atoms with van der Waals surface area (Å²) >= 11 is 0. The van der Waals surface area contributed by atoms with Crippen molar-refractivity contribution in [3.05, 3.63) is 36.0 Å². The number of hydrogen-bond acceptors (Lipinski definition) is 5. The molecule has 1 heterocycles. The number of nitrogens with two attached hydrogens (primary N) is 1. The van der Waals surface area contributed by atoms with Crippen molar-refractivity contribution < 1.29 is 24.3 Å². The number of rotatable bonds is 12. The van der Waals surface area contributed by atoms with Crippen molar-refractivity contribution in [3.8, 4) is 0 Å². The number of carboxylic acids is 1. The summed E-state index contributed by atoms with van der Waals surface area (Å²) in [5, 5.41) is 18.4. The Morgan fingerprint density at radius 3 is 2.11 bits per heavy atom. The lowest BCUT2D eigenvalue weighted by molar-refractivity contribution is -0.142. The number of nitrogens with one attached hydrogen (secondary N) is 4. The average molecular weight is 488 g/mol. The average Bonchev–Trinajstić information content (AvgIpc) is 3.18. The maximum atomic E-state index is 13.3. The van der Waals surface area contributed by atoms with E-state index >= 15 is 0 Å². The fourth-order valence-corrected chi connectivity index (χ4v) is 3.78. The molecule has 10 heteroatoms. The molecular weight excluding hydrogens is 450 g/mol. The molecule has 0 aliphatic carbocycles. The van der Waals surface area contributed by atoms with Crippen LogP contribution in [-0.2, 0) is 25.6 Å². The van der Waals surface area contributed by atoms with Crippen LogP contribution < -0.4 is 21.7 Å². The largest absolute Gasteiger partial charge is 0.480 e. The highest BCUT2D eigenvalue weighted by Gasteiger charge is 2.32. The molecule has 0 fully saturated rings. The van der Waals surface area contributed by atoms with Crippen LogP contribution in [0.2, 0.25) is 0 Å². The highest BCUT2D eigenvalue weighted by atomic mass is 16.4. The van der Waals surface area contributed by atoms with Crippen LogP contribution in [0.1, 0.15) is 46.6 Å². The van der Waals surface area contributed by atoms with Crippen molar-refractivity contribution in [3.63, 3.8) is 0 Å². The van der Waals surface area contributed by atoms with Gasteiger partial charge in [-0.2, -0.15) is 0 Å². The Morgan fingerprint density at radius 1 is 0.914 bits per heavy atom. The molecule has 0 spiro atoms. The molecule has 2 rings (SSSR count). The van der Waals surface area contributed by atoms with Crippen molar-refractivity contribution in [2.75, 3.05) is 0 Å². The SMILES string of the molecule is CC(C)CC(NC(=O)C(Cc1c[nH]c2ccccc12)NC(=O)C(NC(=O)C(C)N)C(C)C)C(=O)O. The van der Waals surface area contributed by atoms with Crippen molar-refractivity contribution in [1.82, 2.24) is 20.9 Å². The van der Waals surface area contributed by atoms with Crippen LogP contribution in [0.3, 0.4) is 0 Å². The van der Waals surface area contributed by atoms with Crippen LogP contribution >= 0.6 is 0 Å². The highest BCUT2D eigenvalue weighted by molar-refractivity contribution is 5.95. The summed E-state index contributed by atoms with van der Waals surface area (Å²) in [6.45, 7) is 8.77. The first-order chi connectivity index (χ1) is 16.4. The molecular formula is C25H37N5O5. The quantitative estimate of drug-likeness (QED) is 0.264. The second-order valence-electron chi connectivity index (χ2n) is 9.67. The molecule has 0 aliphatic rings. The number of carbonyl (C=O) groups excluding carboxylic acids is 3. The van der Waals surface area contributed by atoms with Gasteiger partial charge in [0, 0.05) is 23.5 Å². The Labute approximate surface area is 205 Å². The molecule has 0 saturated heterocycles. The molecule has 1 aromatic carbocycles. The first kappa shape index (κ1) is 27.8. The van der Waals surface area contributed by atoms with E-state index < -0.39 is 47.9 Å². The van der Waals surface area contributed by atoms with E-state index in [-0.39, 0.29) is 24.7 Å². The molecule has 0 saturated carbocycles. The highest BCUT2D eigenvalue weighted by Crippen LogP contribution is 2.19. The molecule has 0 bridgehead atoms. The lowest BCUT2D eigenvalue weighted by atomic mass is 9.99. The molecule has 192 valence electrons. The Morgan fingerprint density at radius 2 is 1.54 bits per heavy atom. The lowest BCUT2D eigenvalue weighted by Gasteiger charge is -2.27. The number of fused-ring (bicyclic) bond motifs is 1. The first-order valence-electron chi connectivity index (χ1n) is 11.8. The summed E-state index contributed by atoms with van der Waals surface area (Å²) in [4.78, 5) is 53.4. The molecule has 4 atom stereocenters. The Balaban J connectivity index is 2.32. The maximum Gasteiger partial charge on any atom is 0.326 e. The van der Waals surface area contributed by atoms with Crippen LogP contribution in [0.25, 0.3) is 10.9 Å². The number of aliphatic carboxylic acids is 1. The number of amides is 3. The molecule has 10 nitrogen and oxygen atoms in total. The van der Waals surface area contributed by atoms with Gasteiger partial charge in [0.1, 0.15) is 18.1 Å². The van der Waals surface area contributed by atoms with Gasteiger partial charge >= 0.3 is 5.97 Å². The van der Waals surface area contributed by atoms with Gasteiger partial charge in [0.2, 0.25) is 17.7 Å². The predicted octanol–water partition coefficient (Wildman–Crippen LogP) is 1.30. The first-order valence-corrected chi connectivity index (χ1v) is 11.8. The van der Waals surface area contributed by atoms with Gasteiger partial charge in [-0.05, 0) is 36.8 Å². The monoisotopic (exact) mass is 487 g/mol. The predicted molar refractivity (Wildman–Crippen MR) is 133 cm³/mol. The zero-order valence-electron chi connectivity index (χ0n) is 20.9. The summed E-state index contributed by atoms with van der Waals surface area (Å²) in [6.07, 6.45) is 2.13. The van der Waals surface area contributed by atoms with Crippen LogP contribution in [0.5, 0.6) is 0 Å². The summed E-state index contributed by atoms with van der Waals surface area (Å²) in [6, 6.07) is 3.66. The number of carboxylic acid groups (broad SMARTS) is 1. The van der Waals surface area contributed by atoms with Gasteiger partial charge in [-0.3, -0.25) is 14.4 Å². The zero-order chi connectivity index (χ0) is 26.3. The summed E-state index contributed by atoms with van der Waals surface area (Å²) in [7, 11) is 0. The Bertz CT molecular complexity index is 1050. The number of hydrogen-bond donors (Lipinski definition) is 6. The number of aromatic amines is 1. The normalized spacial score (nSPS) is 14.9. The van der Waals surface area contributed by atoms with Gasteiger partial charge in [0.05, 0.1) is 6.04 Å². The smallest absolute Gasteiger partial charge is 0.326 e. The molecule has 4 unspecified atom stereocenters. The zero-order valence-corrected chi connectivity index (χ0v) is 20.9. The third-order valence-corrected chi connectivity index (χ3v) is 5.71. The minimum atomic E-state index is -1.14. The van der Waals surface area contributed by atoms with Crippen LogP contribution in [0, 0.1) is 11.8 Å².